The fraction of sp³-hybridized carbons (Fsp3) is 0.355. The van der Waals surface area contributed by atoms with Gasteiger partial charge in [-0.15, -0.1) is 0 Å². The number of likely N-dealkylation sites (tertiary alicyclic amines) is 1. The van der Waals surface area contributed by atoms with E-state index in [9.17, 15) is 24.8 Å². The first-order valence-electron chi connectivity index (χ1n) is 13.7. The molecule has 0 aromatic heterocycles. The lowest BCUT2D eigenvalue weighted by molar-refractivity contribution is -0.384. The number of amides is 2. The first kappa shape index (κ1) is 30.6. The lowest BCUT2D eigenvalue weighted by Gasteiger charge is -2.24. The standard InChI is InChI=1S/C31H37N5O6/c1-34(2)18-24(12-20-8-5-4-6-9-20)33-31(39)23-13-22(14-25(15-23)36(40)41)27-11-7-10-21(29(27)42-3)17-35-19-26(37)16-28(35)30(32)38/h4-11,13-15,24,26,28,37H,12,16-19H2,1-3H3,(H2,32,38)(H,33,39). The average molecular weight is 576 g/mol. The zero-order valence-electron chi connectivity index (χ0n) is 24.0. The van der Waals surface area contributed by atoms with E-state index >= 15 is 0 Å². The van der Waals surface area contributed by atoms with Crippen LogP contribution < -0.4 is 15.8 Å². The van der Waals surface area contributed by atoms with Gasteiger partial charge in [-0.3, -0.25) is 24.6 Å². The molecular weight excluding hydrogens is 538 g/mol. The largest absolute Gasteiger partial charge is 0.496 e. The normalized spacial score (nSPS) is 17.6. The number of nitro benzene ring substituents is 1. The molecule has 0 bridgehead atoms. The number of hydrogen-bond acceptors (Lipinski definition) is 8. The second kappa shape index (κ2) is 13.6. The van der Waals surface area contributed by atoms with Crippen molar-refractivity contribution in [3.8, 4) is 16.9 Å². The number of carbonyl (C=O) groups is 2. The molecule has 1 aliphatic heterocycles. The molecule has 0 saturated carbocycles. The number of aliphatic hydroxyl groups is 1. The van der Waals surface area contributed by atoms with Crippen LogP contribution >= 0.6 is 0 Å². The predicted octanol–water partition coefficient (Wildman–Crippen LogP) is 2.59. The summed E-state index contributed by atoms with van der Waals surface area (Å²) in [5, 5.41) is 25.1. The van der Waals surface area contributed by atoms with Crippen molar-refractivity contribution in [1.29, 1.82) is 0 Å². The number of nitrogens with two attached hydrogens (primary N) is 1. The Kier molecular flexibility index (Phi) is 9.89. The molecule has 1 heterocycles. The molecule has 11 heteroatoms. The smallest absolute Gasteiger partial charge is 0.270 e. The summed E-state index contributed by atoms with van der Waals surface area (Å²) in [7, 11) is 5.33. The zero-order chi connectivity index (χ0) is 30.4. The Morgan fingerprint density at radius 1 is 1.17 bits per heavy atom. The number of hydrogen-bond donors (Lipinski definition) is 3. The second-order valence-electron chi connectivity index (χ2n) is 10.9. The number of carbonyl (C=O) groups excluding carboxylic acids is 2. The van der Waals surface area contributed by atoms with E-state index in [4.69, 9.17) is 10.5 Å². The Labute approximate surface area is 245 Å². The fourth-order valence-corrected chi connectivity index (χ4v) is 5.52. The summed E-state index contributed by atoms with van der Waals surface area (Å²) >= 11 is 0. The Hall–Kier alpha value is -4.32. The Morgan fingerprint density at radius 3 is 2.55 bits per heavy atom. The fourth-order valence-electron chi connectivity index (χ4n) is 5.52. The summed E-state index contributed by atoms with van der Waals surface area (Å²) in [5.41, 5.74) is 8.25. The molecule has 222 valence electrons. The SMILES string of the molecule is COc1c(CN2CC(O)CC2C(N)=O)cccc1-c1cc(C(=O)NC(Cc2ccccc2)CN(C)C)cc([N+](=O)[O-])c1. The number of nitro groups is 1. The van der Waals surface area contributed by atoms with Crippen LogP contribution in [0.25, 0.3) is 11.1 Å². The summed E-state index contributed by atoms with van der Waals surface area (Å²) in [6.07, 6.45) is 0.174. The molecule has 2 amide bonds. The summed E-state index contributed by atoms with van der Waals surface area (Å²) in [6.45, 7) is 1.13. The van der Waals surface area contributed by atoms with Gasteiger partial charge in [0.05, 0.1) is 24.2 Å². The molecular formula is C31H37N5O6. The lowest BCUT2D eigenvalue weighted by Crippen LogP contribution is -2.43. The monoisotopic (exact) mass is 575 g/mol. The third kappa shape index (κ3) is 7.49. The number of aliphatic hydroxyl groups excluding tert-OH is 1. The molecule has 3 aromatic carbocycles. The Morgan fingerprint density at radius 2 is 1.90 bits per heavy atom. The van der Waals surface area contributed by atoms with Crippen molar-refractivity contribution < 1.29 is 24.4 Å². The number of benzene rings is 3. The number of nitrogens with zero attached hydrogens (tertiary/aromatic N) is 3. The molecule has 0 radical (unpaired) electrons. The van der Waals surface area contributed by atoms with Gasteiger partial charge in [-0.1, -0.05) is 48.5 Å². The van der Waals surface area contributed by atoms with Crippen LogP contribution in [0.4, 0.5) is 5.69 Å². The van der Waals surface area contributed by atoms with E-state index in [1.54, 1.807) is 23.1 Å². The Balaban J connectivity index is 1.67. The van der Waals surface area contributed by atoms with Crippen LogP contribution in [0.3, 0.4) is 0 Å². The van der Waals surface area contributed by atoms with Crippen LogP contribution in [0.15, 0.2) is 66.7 Å². The number of likely N-dealkylation sites (N-methyl/N-ethyl adjacent to an activating group) is 1. The number of ether oxygens (including phenoxy) is 1. The maximum atomic E-state index is 13.5. The summed E-state index contributed by atoms with van der Waals surface area (Å²) < 4.78 is 5.76. The summed E-state index contributed by atoms with van der Waals surface area (Å²) in [5.74, 6) is -0.493. The molecule has 3 aromatic rings. The van der Waals surface area contributed by atoms with Crippen molar-refractivity contribution in [3.63, 3.8) is 0 Å². The molecule has 1 fully saturated rings. The molecule has 4 rings (SSSR count). The minimum atomic E-state index is -0.673. The molecule has 3 unspecified atom stereocenters. The van der Waals surface area contributed by atoms with Gasteiger partial charge in [0.25, 0.3) is 11.6 Å². The highest BCUT2D eigenvalue weighted by Crippen LogP contribution is 2.37. The number of primary amides is 1. The number of nitrogens with one attached hydrogen (secondary N) is 1. The second-order valence-corrected chi connectivity index (χ2v) is 10.9. The molecule has 11 nitrogen and oxygen atoms in total. The van der Waals surface area contributed by atoms with Gasteiger partial charge in [-0.05, 0) is 44.1 Å². The topological polar surface area (TPSA) is 151 Å². The minimum absolute atomic E-state index is 0.153. The van der Waals surface area contributed by atoms with Crippen LogP contribution in [-0.2, 0) is 17.8 Å². The minimum Gasteiger partial charge on any atom is -0.496 e. The van der Waals surface area contributed by atoms with Gasteiger partial charge in [0.15, 0.2) is 0 Å². The van der Waals surface area contributed by atoms with Crippen molar-refractivity contribution in [2.75, 3.05) is 34.3 Å². The van der Waals surface area contributed by atoms with Crippen LogP contribution in [0.1, 0.15) is 27.9 Å². The van der Waals surface area contributed by atoms with E-state index in [2.05, 4.69) is 5.32 Å². The Bertz CT molecular complexity index is 1430. The van der Waals surface area contributed by atoms with Crippen molar-refractivity contribution in [3.05, 3.63) is 93.5 Å². The number of non-ortho nitro benzene ring substituents is 1. The maximum absolute atomic E-state index is 13.5. The van der Waals surface area contributed by atoms with E-state index in [1.165, 1.54) is 19.2 Å². The summed E-state index contributed by atoms with van der Waals surface area (Å²) in [6, 6.07) is 18.6. The van der Waals surface area contributed by atoms with Crippen molar-refractivity contribution in [1.82, 2.24) is 15.1 Å². The van der Waals surface area contributed by atoms with Gasteiger partial charge in [0, 0.05) is 54.5 Å². The van der Waals surface area contributed by atoms with E-state index < -0.39 is 28.9 Å². The van der Waals surface area contributed by atoms with Crippen LogP contribution in [0, 0.1) is 10.1 Å². The lowest BCUT2D eigenvalue weighted by atomic mass is 9.97. The number of methoxy groups -OCH3 is 1. The van der Waals surface area contributed by atoms with Gasteiger partial charge in [-0.2, -0.15) is 0 Å². The molecule has 42 heavy (non-hydrogen) atoms. The zero-order valence-corrected chi connectivity index (χ0v) is 24.0. The van der Waals surface area contributed by atoms with E-state index in [1.807, 2.05) is 55.4 Å². The highest BCUT2D eigenvalue weighted by molar-refractivity contribution is 5.97. The molecule has 4 N–H and O–H groups in total. The van der Waals surface area contributed by atoms with Crippen molar-refractivity contribution in [2.24, 2.45) is 5.73 Å². The third-order valence-corrected chi connectivity index (χ3v) is 7.33. The molecule has 3 atom stereocenters. The highest BCUT2D eigenvalue weighted by atomic mass is 16.6. The molecule has 1 aliphatic rings. The van der Waals surface area contributed by atoms with Gasteiger partial charge in [-0.25, -0.2) is 0 Å². The van der Waals surface area contributed by atoms with Gasteiger partial charge in [0.2, 0.25) is 5.91 Å². The molecule has 1 saturated heterocycles. The van der Waals surface area contributed by atoms with Gasteiger partial charge < -0.3 is 25.8 Å². The number of para-hydroxylation sites is 1. The van der Waals surface area contributed by atoms with E-state index in [0.29, 0.717) is 35.4 Å². The molecule has 0 aliphatic carbocycles. The van der Waals surface area contributed by atoms with Crippen LogP contribution in [0.2, 0.25) is 0 Å². The van der Waals surface area contributed by atoms with Crippen molar-refractivity contribution >= 4 is 17.5 Å². The third-order valence-electron chi connectivity index (χ3n) is 7.33. The van der Waals surface area contributed by atoms with Crippen LogP contribution in [0.5, 0.6) is 5.75 Å². The highest BCUT2D eigenvalue weighted by Gasteiger charge is 2.35. The quantitative estimate of drug-likeness (QED) is 0.220. The van der Waals surface area contributed by atoms with Gasteiger partial charge in [0.1, 0.15) is 5.75 Å². The summed E-state index contributed by atoms with van der Waals surface area (Å²) in [4.78, 5) is 40.6. The van der Waals surface area contributed by atoms with Crippen LogP contribution in [-0.4, -0.2) is 84.1 Å². The maximum Gasteiger partial charge on any atom is 0.270 e. The van der Waals surface area contributed by atoms with Crippen molar-refractivity contribution in [2.45, 2.75) is 37.6 Å². The first-order valence-corrected chi connectivity index (χ1v) is 13.7. The average Bonchev–Trinajstić information content (AvgIpc) is 3.32. The first-order chi connectivity index (χ1) is 20.0. The van der Waals surface area contributed by atoms with Gasteiger partial charge >= 0.3 is 0 Å². The number of rotatable bonds is 12. The molecule has 0 spiro atoms. The van der Waals surface area contributed by atoms with E-state index in [-0.39, 0.29) is 36.8 Å². The predicted molar refractivity (Wildman–Crippen MR) is 159 cm³/mol. The number of β-amino-alcohol motifs (C(OH)–C–C–N with tert-alkyl or cyclic N) is 1. The van der Waals surface area contributed by atoms with E-state index in [0.717, 1.165) is 5.56 Å².